The van der Waals surface area contributed by atoms with Crippen molar-refractivity contribution in [1.29, 1.82) is 0 Å². The molecule has 0 bridgehead atoms. The first-order valence-electron chi connectivity index (χ1n) is 10.3. The molecule has 0 unspecified atom stereocenters. The van der Waals surface area contributed by atoms with Crippen LogP contribution < -0.4 is 10.6 Å². The molecule has 1 aromatic rings. The molecule has 0 aromatic heterocycles. The van der Waals surface area contributed by atoms with E-state index in [0.717, 1.165) is 5.56 Å². The van der Waals surface area contributed by atoms with E-state index in [1.807, 2.05) is 36.6 Å². The number of fused-ring (bicyclic) bond motifs is 3. The smallest absolute Gasteiger partial charge is 0.412 e. The minimum atomic E-state index is -1.55. The lowest BCUT2D eigenvalue weighted by Crippen LogP contribution is -2.61. The van der Waals surface area contributed by atoms with Gasteiger partial charge in [-0.2, -0.15) is 0 Å². The average molecular weight is 474 g/mol. The molecule has 3 aliphatic heterocycles. The summed E-state index contributed by atoms with van der Waals surface area (Å²) in [5.41, 5.74) is -1.83. The Kier molecular flexibility index (Phi) is 5.20. The number of likely N-dealkylation sites (tertiary alicyclic amines) is 1. The molecule has 4 atom stereocenters. The number of rotatable bonds is 2. The standard InChI is InChI=1S/C21H23N5O4S2/c1-31-17-22-15(27)20(24-17)9-8-13-10-26(19(29)30-11-12-6-4-3-5-7-12)21(14(13)20)16(28)23-18(25-21)32-2/h3-7,13-14H,8-11H2,1-2H3,(H,22,24,27)(H,23,25,28)/t13-,14+,20-,21-/m0/s1. The highest BCUT2D eigenvalue weighted by atomic mass is 32.2. The van der Waals surface area contributed by atoms with Crippen LogP contribution in [0.1, 0.15) is 18.4 Å². The van der Waals surface area contributed by atoms with E-state index in [1.54, 1.807) is 6.26 Å². The number of nitrogens with one attached hydrogen (secondary N) is 2. The lowest BCUT2D eigenvalue weighted by atomic mass is 9.76. The first kappa shape index (κ1) is 21.3. The number of ether oxygens (including phenoxy) is 1. The monoisotopic (exact) mass is 473 g/mol. The van der Waals surface area contributed by atoms with E-state index < -0.39 is 29.1 Å². The Morgan fingerprint density at radius 1 is 1.12 bits per heavy atom. The van der Waals surface area contributed by atoms with Crippen LogP contribution in [0.25, 0.3) is 0 Å². The van der Waals surface area contributed by atoms with Gasteiger partial charge in [-0.25, -0.2) is 14.8 Å². The molecule has 32 heavy (non-hydrogen) atoms. The molecule has 168 valence electrons. The van der Waals surface area contributed by atoms with Crippen molar-refractivity contribution >= 4 is 51.8 Å². The Morgan fingerprint density at radius 2 is 1.81 bits per heavy atom. The maximum absolute atomic E-state index is 13.4. The summed E-state index contributed by atoms with van der Waals surface area (Å²) in [5.74, 6) is -1.29. The van der Waals surface area contributed by atoms with Crippen LogP contribution in [0, 0.1) is 11.8 Å². The van der Waals surface area contributed by atoms with Gasteiger partial charge >= 0.3 is 6.09 Å². The van der Waals surface area contributed by atoms with Gasteiger partial charge in [0.15, 0.2) is 10.3 Å². The van der Waals surface area contributed by atoms with Crippen LogP contribution in [0.4, 0.5) is 4.79 Å². The van der Waals surface area contributed by atoms with Crippen LogP contribution in [0.5, 0.6) is 0 Å². The molecule has 0 radical (unpaired) electrons. The fraction of sp³-hybridized carbons (Fsp3) is 0.476. The van der Waals surface area contributed by atoms with E-state index in [-0.39, 0.29) is 25.0 Å². The van der Waals surface area contributed by atoms with E-state index in [9.17, 15) is 14.4 Å². The third kappa shape index (κ3) is 2.97. The van der Waals surface area contributed by atoms with Crippen molar-refractivity contribution in [2.45, 2.75) is 30.7 Å². The van der Waals surface area contributed by atoms with Gasteiger partial charge in [-0.05, 0) is 36.8 Å². The molecule has 11 heteroatoms. The highest BCUT2D eigenvalue weighted by Gasteiger charge is 2.74. The van der Waals surface area contributed by atoms with Gasteiger partial charge in [-0.3, -0.25) is 14.5 Å². The molecule has 2 spiro atoms. The number of amidine groups is 2. The maximum atomic E-state index is 13.4. The Labute approximate surface area is 193 Å². The number of thioether (sulfide) groups is 2. The minimum absolute atomic E-state index is 0.0860. The Balaban J connectivity index is 1.53. The number of hydrogen-bond acceptors (Lipinski definition) is 8. The van der Waals surface area contributed by atoms with Crippen molar-refractivity contribution in [2.24, 2.45) is 21.8 Å². The van der Waals surface area contributed by atoms with Crippen molar-refractivity contribution in [3.63, 3.8) is 0 Å². The average Bonchev–Trinajstić information content (AvgIpc) is 3.52. The zero-order valence-corrected chi connectivity index (χ0v) is 19.3. The quantitative estimate of drug-likeness (QED) is 0.677. The lowest BCUT2D eigenvalue weighted by molar-refractivity contribution is -0.134. The van der Waals surface area contributed by atoms with Crippen molar-refractivity contribution in [2.75, 3.05) is 19.1 Å². The predicted molar refractivity (Wildman–Crippen MR) is 123 cm³/mol. The van der Waals surface area contributed by atoms with Crippen LogP contribution >= 0.6 is 23.5 Å². The number of aliphatic imine (C=N–C) groups is 2. The second-order valence-electron chi connectivity index (χ2n) is 8.23. The molecule has 5 rings (SSSR count). The zero-order valence-electron chi connectivity index (χ0n) is 17.7. The van der Waals surface area contributed by atoms with Gasteiger partial charge in [0.25, 0.3) is 11.8 Å². The molecule has 3 heterocycles. The van der Waals surface area contributed by atoms with Crippen LogP contribution in [0.3, 0.4) is 0 Å². The summed E-state index contributed by atoms with van der Waals surface area (Å²) in [6.07, 6.45) is 4.22. The third-order valence-electron chi connectivity index (χ3n) is 6.70. The largest absolute Gasteiger partial charge is 0.444 e. The van der Waals surface area contributed by atoms with Gasteiger partial charge < -0.3 is 15.4 Å². The van der Waals surface area contributed by atoms with Crippen molar-refractivity contribution in [1.82, 2.24) is 15.5 Å². The molecule has 3 amide bonds. The van der Waals surface area contributed by atoms with Crippen molar-refractivity contribution < 1.29 is 19.1 Å². The van der Waals surface area contributed by atoms with E-state index in [2.05, 4.69) is 10.6 Å². The Morgan fingerprint density at radius 3 is 2.47 bits per heavy atom. The molecule has 1 aromatic carbocycles. The second-order valence-corrected chi connectivity index (χ2v) is 9.82. The minimum Gasteiger partial charge on any atom is -0.444 e. The first-order valence-corrected chi connectivity index (χ1v) is 12.8. The van der Waals surface area contributed by atoms with Gasteiger partial charge in [0, 0.05) is 6.54 Å². The third-order valence-corrected chi connectivity index (χ3v) is 7.86. The summed E-state index contributed by atoms with van der Waals surface area (Å²) in [7, 11) is 0. The number of carbonyl (C=O) groups excluding carboxylic acids is 3. The summed E-state index contributed by atoms with van der Waals surface area (Å²) in [6, 6.07) is 9.36. The fourth-order valence-corrected chi connectivity index (χ4v) is 6.26. The van der Waals surface area contributed by atoms with Crippen molar-refractivity contribution in [3.05, 3.63) is 35.9 Å². The topological polar surface area (TPSA) is 112 Å². The molecule has 2 fully saturated rings. The van der Waals surface area contributed by atoms with Crippen molar-refractivity contribution in [3.8, 4) is 0 Å². The van der Waals surface area contributed by atoms with Gasteiger partial charge in [0.05, 0.1) is 5.92 Å². The molecule has 2 N–H and O–H groups in total. The molecule has 4 aliphatic rings. The Bertz CT molecular complexity index is 1050. The predicted octanol–water partition coefficient (Wildman–Crippen LogP) is 1.80. The summed E-state index contributed by atoms with van der Waals surface area (Å²) in [5, 5.41) is 6.59. The molecule has 1 aliphatic carbocycles. The van der Waals surface area contributed by atoms with Crippen LogP contribution in [-0.4, -0.2) is 63.4 Å². The molecular formula is C21H23N5O4S2. The molecule has 9 nitrogen and oxygen atoms in total. The summed E-state index contributed by atoms with van der Waals surface area (Å²) in [4.78, 5) is 50.7. The summed E-state index contributed by atoms with van der Waals surface area (Å²) in [6.45, 7) is 0.374. The van der Waals surface area contributed by atoms with Crippen LogP contribution in [0.15, 0.2) is 40.3 Å². The van der Waals surface area contributed by atoms with Gasteiger partial charge in [-0.15, -0.1) is 0 Å². The molecule has 1 saturated carbocycles. The van der Waals surface area contributed by atoms with Crippen LogP contribution in [0.2, 0.25) is 0 Å². The normalized spacial score (nSPS) is 32.8. The van der Waals surface area contributed by atoms with Gasteiger partial charge in [-0.1, -0.05) is 53.9 Å². The SMILES string of the molecule is CSC1=N[C@]2(CC[C@H]3CN(C(=O)OCc4ccccc4)[C@@]4(N=C(SC)NC4=O)[C@H]32)C(=O)N1. The number of carbonyl (C=O) groups is 3. The van der Waals surface area contributed by atoms with E-state index >= 15 is 0 Å². The van der Waals surface area contributed by atoms with Gasteiger partial charge in [0.1, 0.15) is 12.1 Å². The summed E-state index contributed by atoms with van der Waals surface area (Å²) >= 11 is 2.64. The fourth-order valence-electron chi connectivity index (χ4n) is 5.38. The number of hydrogen-bond donors (Lipinski definition) is 2. The van der Waals surface area contributed by atoms with Crippen LogP contribution in [-0.2, 0) is 20.9 Å². The van der Waals surface area contributed by atoms with Gasteiger partial charge in [0.2, 0.25) is 5.66 Å². The highest BCUT2D eigenvalue weighted by Crippen LogP contribution is 2.58. The highest BCUT2D eigenvalue weighted by molar-refractivity contribution is 8.13. The molecule has 1 saturated heterocycles. The number of nitrogens with zero attached hydrogens (tertiary/aromatic N) is 3. The van der Waals surface area contributed by atoms with E-state index in [1.165, 1.54) is 28.4 Å². The number of benzene rings is 1. The summed E-state index contributed by atoms with van der Waals surface area (Å²) < 4.78 is 5.59. The number of amides is 3. The maximum Gasteiger partial charge on any atom is 0.412 e. The van der Waals surface area contributed by atoms with E-state index in [4.69, 9.17) is 14.7 Å². The van der Waals surface area contributed by atoms with E-state index in [0.29, 0.717) is 23.2 Å². The molecular weight excluding hydrogens is 450 g/mol. The zero-order chi connectivity index (χ0) is 22.5. The first-order chi connectivity index (χ1) is 15.4. The second kappa shape index (κ2) is 7.80. The lowest BCUT2D eigenvalue weighted by Gasteiger charge is -2.37. The Hall–Kier alpha value is -2.53.